The van der Waals surface area contributed by atoms with Crippen LogP contribution in [0.2, 0.25) is 5.02 Å². The maximum atomic E-state index is 5.93. The van der Waals surface area contributed by atoms with E-state index in [0.717, 1.165) is 37.0 Å². The molecule has 0 bridgehead atoms. The molecule has 0 unspecified atom stereocenters. The first-order valence-corrected chi connectivity index (χ1v) is 5.93. The molecule has 3 rings (SSSR count). The van der Waals surface area contributed by atoms with Gasteiger partial charge >= 0.3 is 0 Å². The number of hydrogen-bond acceptors (Lipinski definition) is 3. The van der Waals surface area contributed by atoms with Crippen molar-refractivity contribution in [1.29, 1.82) is 0 Å². The van der Waals surface area contributed by atoms with E-state index >= 15 is 0 Å². The summed E-state index contributed by atoms with van der Waals surface area (Å²) in [6, 6.07) is 6.22. The van der Waals surface area contributed by atoms with Crippen molar-refractivity contribution in [3.05, 3.63) is 23.2 Å². The van der Waals surface area contributed by atoms with Gasteiger partial charge in [0.05, 0.1) is 11.6 Å². The number of nitrogens with zero attached hydrogens (tertiary/aromatic N) is 3. The van der Waals surface area contributed by atoms with E-state index < -0.39 is 0 Å². The standard InChI is InChI=1S/C11H13ClN4/c12-8-1-2-11-10(7-8)14-15-16(11)9-3-5-13-6-4-9/h1-2,7,9,13H,3-6H2. The molecule has 0 atom stereocenters. The van der Waals surface area contributed by atoms with Crippen LogP contribution in [-0.2, 0) is 0 Å². The van der Waals surface area contributed by atoms with Crippen molar-refractivity contribution in [3.63, 3.8) is 0 Å². The van der Waals surface area contributed by atoms with E-state index in [9.17, 15) is 0 Å². The lowest BCUT2D eigenvalue weighted by Gasteiger charge is -2.22. The van der Waals surface area contributed by atoms with Gasteiger partial charge in [-0.05, 0) is 44.1 Å². The van der Waals surface area contributed by atoms with Gasteiger partial charge in [0.2, 0.25) is 0 Å². The van der Waals surface area contributed by atoms with E-state index in [2.05, 4.69) is 15.6 Å². The third-order valence-electron chi connectivity index (χ3n) is 3.09. The average Bonchev–Trinajstić information content (AvgIpc) is 2.73. The van der Waals surface area contributed by atoms with E-state index in [1.54, 1.807) is 0 Å². The van der Waals surface area contributed by atoms with E-state index in [-0.39, 0.29) is 0 Å². The first-order valence-electron chi connectivity index (χ1n) is 5.56. The van der Waals surface area contributed by atoms with Gasteiger partial charge in [0.1, 0.15) is 5.52 Å². The van der Waals surface area contributed by atoms with Crippen LogP contribution in [0.5, 0.6) is 0 Å². The van der Waals surface area contributed by atoms with E-state index in [0.29, 0.717) is 11.1 Å². The van der Waals surface area contributed by atoms with Gasteiger partial charge in [-0.2, -0.15) is 0 Å². The summed E-state index contributed by atoms with van der Waals surface area (Å²) >= 11 is 5.93. The minimum atomic E-state index is 0.465. The van der Waals surface area contributed by atoms with Crippen LogP contribution < -0.4 is 5.32 Å². The number of fused-ring (bicyclic) bond motifs is 1. The van der Waals surface area contributed by atoms with E-state index in [4.69, 9.17) is 11.6 Å². The van der Waals surface area contributed by atoms with Crippen molar-refractivity contribution in [2.75, 3.05) is 13.1 Å². The molecule has 4 nitrogen and oxygen atoms in total. The summed E-state index contributed by atoms with van der Waals surface area (Å²) in [5.41, 5.74) is 1.96. The monoisotopic (exact) mass is 236 g/mol. The minimum Gasteiger partial charge on any atom is -0.317 e. The smallest absolute Gasteiger partial charge is 0.114 e. The Kier molecular flexibility index (Phi) is 2.53. The number of piperidine rings is 1. The molecule has 1 aliphatic rings. The van der Waals surface area contributed by atoms with Gasteiger partial charge in [0.25, 0.3) is 0 Å². The Hall–Kier alpha value is -1.13. The molecule has 0 amide bonds. The van der Waals surface area contributed by atoms with Crippen molar-refractivity contribution in [2.24, 2.45) is 0 Å². The van der Waals surface area contributed by atoms with Gasteiger partial charge in [-0.15, -0.1) is 5.10 Å². The zero-order chi connectivity index (χ0) is 11.0. The second-order valence-electron chi connectivity index (χ2n) is 4.15. The third-order valence-corrected chi connectivity index (χ3v) is 3.32. The molecule has 16 heavy (non-hydrogen) atoms. The molecule has 5 heteroatoms. The van der Waals surface area contributed by atoms with Crippen molar-refractivity contribution in [1.82, 2.24) is 20.3 Å². The molecule has 0 saturated carbocycles. The Morgan fingerprint density at radius 3 is 2.94 bits per heavy atom. The van der Waals surface area contributed by atoms with Crippen LogP contribution in [0.4, 0.5) is 0 Å². The van der Waals surface area contributed by atoms with Crippen LogP contribution in [0.15, 0.2) is 18.2 Å². The molecule has 1 N–H and O–H groups in total. The van der Waals surface area contributed by atoms with Gasteiger partial charge in [0.15, 0.2) is 0 Å². The lowest BCUT2D eigenvalue weighted by Crippen LogP contribution is -2.29. The molecule has 0 aliphatic carbocycles. The van der Waals surface area contributed by atoms with Gasteiger partial charge in [-0.3, -0.25) is 0 Å². The molecule has 1 aromatic heterocycles. The Balaban J connectivity index is 2.03. The lowest BCUT2D eigenvalue weighted by atomic mass is 10.1. The topological polar surface area (TPSA) is 42.7 Å². The Labute approximate surface area is 98.6 Å². The maximum absolute atomic E-state index is 5.93. The number of nitrogens with one attached hydrogen (secondary N) is 1. The third kappa shape index (κ3) is 1.68. The highest BCUT2D eigenvalue weighted by atomic mass is 35.5. The molecule has 2 heterocycles. The Morgan fingerprint density at radius 2 is 2.12 bits per heavy atom. The normalized spacial score (nSPS) is 18.1. The zero-order valence-electron chi connectivity index (χ0n) is 8.86. The maximum Gasteiger partial charge on any atom is 0.114 e. The Morgan fingerprint density at radius 1 is 1.31 bits per heavy atom. The highest BCUT2D eigenvalue weighted by molar-refractivity contribution is 6.31. The molecular weight excluding hydrogens is 224 g/mol. The zero-order valence-corrected chi connectivity index (χ0v) is 9.61. The quantitative estimate of drug-likeness (QED) is 0.824. The molecule has 1 saturated heterocycles. The summed E-state index contributed by atoms with van der Waals surface area (Å²) in [7, 11) is 0. The fraction of sp³-hybridized carbons (Fsp3) is 0.455. The molecule has 84 valence electrons. The van der Waals surface area contributed by atoms with Crippen molar-refractivity contribution >= 4 is 22.6 Å². The van der Waals surface area contributed by atoms with E-state index in [1.165, 1.54) is 0 Å². The summed E-state index contributed by atoms with van der Waals surface area (Å²) in [5.74, 6) is 0. The number of benzene rings is 1. The SMILES string of the molecule is Clc1ccc2c(c1)nnn2C1CCNCC1. The van der Waals surface area contributed by atoms with Crippen molar-refractivity contribution in [2.45, 2.75) is 18.9 Å². The Bertz CT molecular complexity index is 502. The second kappa shape index (κ2) is 4.03. The highest BCUT2D eigenvalue weighted by Crippen LogP contribution is 2.24. The lowest BCUT2D eigenvalue weighted by molar-refractivity contribution is 0.345. The summed E-state index contributed by atoms with van der Waals surface area (Å²) < 4.78 is 2.03. The minimum absolute atomic E-state index is 0.465. The summed E-state index contributed by atoms with van der Waals surface area (Å²) in [4.78, 5) is 0. The summed E-state index contributed by atoms with van der Waals surface area (Å²) in [6.07, 6.45) is 2.22. The number of aromatic nitrogens is 3. The van der Waals surface area contributed by atoms with Crippen LogP contribution in [-0.4, -0.2) is 28.1 Å². The molecule has 1 aliphatic heterocycles. The molecule has 0 radical (unpaired) electrons. The molecule has 2 aromatic rings. The van der Waals surface area contributed by atoms with E-state index in [1.807, 2.05) is 22.9 Å². The molecular formula is C11H13ClN4. The van der Waals surface area contributed by atoms with Crippen molar-refractivity contribution in [3.8, 4) is 0 Å². The van der Waals surface area contributed by atoms with Gasteiger partial charge in [-0.1, -0.05) is 16.8 Å². The molecule has 1 fully saturated rings. The van der Waals surface area contributed by atoms with Gasteiger partial charge in [0, 0.05) is 5.02 Å². The van der Waals surface area contributed by atoms with Crippen LogP contribution in [0, 0.1) is 0 Å². The molecule has 1 aromatic carbocycles. The predicted octanol–water partition coefficient (Wildman–Crippen LogP) is 2.01. The highest BCUT2D eigenvalue weighted by Gasteiger charge is 2.18. The molecule has 0 spiro atoms. The average molecular weight is 237 g/mol. The first-order chi connectivity index (χ1) is 7.84. The van der Waals surface area contributed by atoms with Crippen LogP contribution in [0.25, 0.3) is 11.0 Å². The van der Waals surface area contributed by atoms with Crippen LogP contribution in [0.1, 0.15) is 18.9 Å². The number of hydrogen-bond donors (Lipinski definition) is 1. The summed E-state index contributed by atoms with van der Waals surface area (Å²) in [6.45, 7) is 2.11. The van der Waals surface area contributed by atoms with Crippen LogP contribution in [0.3, 0.4) is 0 Å². The number of halogens is 1. The number of rotatable bonds is 1. The largest absolute Gasteiger partial charge is 0.317 e. The fourth-order valence-electron chi connectivity index (χ4n) is 2.24. The van der Waals surface area contributed by atoms with Gasteiger partial charge < -0.3 is 5.32 Å². The second-order valence-corrected chi connectivity index (χ2v) is 4.58. The fourth-order valence-corrected chi connectivity index (χ4v) is 2.40. The predicted molar refractivity (Wildman–Crippen MR) is 63.7 cm³/mol. The van der Waals surface area contributed by atoms with Gasteiger partial charge in [-0.25, -0.2) is 4.68 Å². The van der Waals surface area contributed by atoms with Crippen LogP contribution >= 0.6 is 11.6 Å². The van der Waals surface area contributed by atoms with Crippen molar-refractivity contribution < 1.29 is 0 Å². The first kappa shape index (κ1) is 10.1. The summed E-state index contributed by atoms with van der Waals surface area (Å²) in [5, 5.41) is 12.5.